The number of aldehydes is 1. The van der Waals surface area contributed by atoms with Gasteiger partial charge in [0.2, 0.25) is 10.0 Å². The minimum Gasteiger partial charge on any atom is -0.298 e. The van der Waals surface area contributed by atoms with Gasteiger partial charge in [0.25, 0.3) is 0 Å². The lowest BCUT2D eigenvalue weighted by atomic mass is 10.2. The average molecular weight is 291 g/mol. The second-order valence-electron chi connectivity index (χ2n) is 3.79. The predicted octanol–water partition coefficient (Wildman–Crippen LogP) is 0.285. The number of benzene rings is 1. The van der Waals surface area contributed by atoms with E-state index in [1.807, 2.05) is 0 Å². The third-order valence-electron chi connectivity index (χ3n) is 2.02. The van der Waals surface area contributed by atoms with E-state index in [1.165, 1.54) is 24.3 Å². The van der Waals surface area contributed by atoms with Crippen LogP contribution in [0.2, 0.25) is 0 Å². The molecular formula is C10H13NO5S2. The van der Waals surface area contributed by atoms with Gasteiger partial charge >= 0.3 is 0 Å². The standard InChI is InChI=1S/C10H13NO5S2/c1-17(13,14)5-6-18(15,16)11-10-4-2-3-9(7-10)8-12/h2-4,7-8,11H,5-6H2,1H3. The summed E-state index contributed by atoms with van der Waals surface area (Å²) in [6.45, 7) is 0. The Bertz CT molecular complexity index is 634. The minimum absolute atomic E-state index is 0.230. The zero-order valence-electron chi connectivity index (χ0n) is 9.66. The normalized spacial score (nSPS) is 12.1. The fraction of sp³-hybridized carbons (Fsp3) is 0.300. The molecule has 0 atom stereocenters. The molecule has 1 aromatic carbocycles. The lowest BCUT2D eigenvalue weighted by molar-refractivity contribution is 0.112. The lowest BCUT2D eigenvalue weighted by Gasteiger charge is -2.07. The predicted molar refractivity (Wildman–Crippen MR) is 68.9 cm³/mol. The van der Waals surface area contributed by atoms with Gasteiger partial charge in [-0.3, -0.25) is 9.52 Å². The Labute approximate surface area is 106 Å². The highest BCUT2D eigenvalue weighted by Crippen LogP contribution is 2.11. The molecule has 0 radical (unpaired) electrons. The number of hydrogen-bond acceptors (Lipinski definition) is 5. The van der Waals surface area contributed by atoms with E-state index in [4.69, 9.17) is 0 Å². The van der Waals surface area contributed by atoms with E-state index in [9.17, 15) is 21.6 Å². The average Bonchev–Trinajstić information content (AvgIpc) is 2.25. The largest absolute Gasteiger partial charge is 0.298 e. The van der Waals surface area contributed by atoms with Crippen LogP contribution in [0.1, 0.15) is 10.4 Å². The van der Waals surface area contributed by atoms with Crippen molar-refractivity contribution >= 4 is 31.8 Å². The Morgan fingerprint density at radius 3 is 2.39 bits per heavy atom. The number of anilines is 1. The number of carbonyl (C=O) groups is 1. The van der Waals surface area contributed by atoms with E-state index < -0.39 is 31.4 Å². The molecule has 100 valence electrons. The summed E-state index contributed by atoms with van der Waals surface area (Å²) < 4.78 is 47.2. The smallest absolute Gasteiger partial charge is 0.233 e. The number of hydrogen-bond donors (Lipinski definition) is 1. The zero-order valence-corrected chi connectivity index (χ0v) is 11.3. The van der Waals surface area contributed by atoms with E-state index in [0.717, 1.165) is 6.26 Å². The molecule has 0 aliphatic carbocycles. The summed E-state index contributed by atoms with van der Waals surface area (Å²) in [5, 5.41) is 0. The molecule has 1 rings (SSSR count). The summed E-state index contributed by atoms with van der Waals surface area (Å²) in [4.78, 5) is 10.5. The number of sulfonamides is 1. The fourth-order valence-corrected chi connectivity index (χ4v) is 3.84. The SMILES string of the molecule is CS(=O)(=O)CCS(=O)(=O)Nc1cccc(C=O)c1. The quantitative estimate of drug-likeness (QED) is 0.759. The summed E-state index contributed by atoms with van der Waals surface area (Å²) >= 11 is 0. The van der Waals surface area contributed by atoms with Crippen molar-refractivity contribution < 1.29 is 21.6 Å². The van der Waals surface area contributed by atoms with Gasteiger partial charge in [0.15, 0.2) is 0 Å². The van der Waals surface area contributed by atoms with Crippen molar-refractivity contribution in [1.29, 1.82) is 0 Å². The topological polar surface area (TPSA) is 97.4 Å². The lowest BCUT2D eigenvalue weighted by Crippen LogP contribution is -2.22. The van der Waals surface area contributed by atoms with Crippen molar-refractivity contribution in [2.45, 2.75) is 0 Å². The van der Waals surface area contributed by atoms with Crippen LogP contribution in [0.4, 0.5) is 5.69 Å². The van der Waals surface area contributed by atoms with Crippen LogP contribution >= 0.6 is 0 Å². The van der Waals surface area contributed by atoms with Gasteiger partial charge in [0, 0.05) is 17.5 Å². The van der Waals surface area contributed by atoms with Crippen LogP contribution in [0.5, 0.6) is 0 Å². The molecule has 0 aliphatic rings. The summed E-state index contributed by atoms with van der Waals surface area (Å²) in [5.74, 6) is -0.965. The first-order chi connectivity index (χ1) is 8.22. The summed E-state index contributed by atoms with van der Waals surface area (Å²) in [6, 6.07) is 5.90. The molecule has 18 heavy (non-hydrogen) atoms. The Kier molecular flexibility index (Phi) is 4.47. The highest BCUT2D eigenvalue weighted by Gasteiger charge is 2.14. The van der Waals surface area contributed by atoms with Crippen LogP contribution in [0.15, 0.2) is 24.3 Å². The van der Waals surface area contributed by atoms with Gasteiger partial charge in [0.1, 0.15) is 16.1 Å². The van der Waals surface area contributed by atoms with E-state index >= 15 is 0 Å². The Morgan fingerprint density at radius 2 is 1.83 bits per heavy atom. The van der Waals surface area contributed by atoms with Gasteiger partial charge < -0.3 is 0 Å². The van der Waals surface area contributed by atoms with E-state index in [-0.39, 0.29) is 5.69 Å². The number of sulfone groups is 1. The summed E-state index contributed by atoms with van der Waals surface area (Å²) in [6.07, 6.45) is 1.56. The van der Waals surface area contributed by atoms with Crippen LogP contribution in [0.25, 0.3) is 0 Å². The first kappa shape index (κ1) is 14.7. The fourth-order valence-electron chi connectivity index (χ4n) is 1.17. The van der Waals surface area contributed by atoms with Crippen LogP contribution in [-0.2, 0) is 19.9 Å². The van der Waals surface area contributed by atoms with E-state index in [0.29, 0.717) is 11.8 Å². The maximum Gasteiger partial charge on any atom is 0.233 e. The Hall–Kier alpha value is -1.41. The molecule has 0 unspecified atom stereocenters. The third kappa shape index (κ3) is 5.28. The molecule has 0 saturated carbocycles. The van der Waals surface area contributed by atoms with Crippen molar-refractivity contribution in [3.05, 3.63) is 29.8 Å². The number of rotatable bonds is 6. The molecule has 0 aromatic heterocycles. The van der Waals surface area contributed by atoms with Crippen LogP contribution in [0.3, 0.4) is 0 Å². The second kappa shape index (κ2) is 5.49. The molecule has 0 spiro atoms. The van der Waals surface area contributed by atoms with Gasteiger partial charge in [-0.25, -0.2) is 16.8 Å². The van der Waals surface area contributed by atoms with Crippen molar-refractivity contribution in [2.24, 2.45) is 0 Å². The molecule has 0 fully saturated rings. The maximum atomic E-state index is 11.6. The van der Waals surface area contributed by atoms with E-state index in [1.54, 1.807) is 0 Å². The third-order valence-corrected chi connectivity index (χ3v) is 4.51. The molecule has 1 N–H and O–H groups in total. The number of carbonyl (C=O) groups excluding carboxylic acids is 1. The van der Waals surface area contributed by atoms with Crippen molar-refractivity contribution in [1.82, 2.24) is 0 Å². The van der Waals surface area contributed by atoms with Crippen molar-refractivity contribution in [3.63, 3.8) is 0 Å². The highest BCUT2D eigenvalue weighted by molar-refractivity contribution is 7.95. The van der Waals surface area contributed by atoms with Crippen LogP contribution in [0, 0.1) is 0 Å². The van der Waals surface area contributed by atoms with Crippen molar-refractivity contribution in [3.8, 4) is 0 Å². The van der Waals surface area contributed by atoms with Crippen LogP contribution < -0.4 is 4.72 Å². The zero-order chi connectivity index (χ0) is 13.8. The Morgan fingerprint density at radius 1 is 1.17 bits per heavy atom. The molecular weight excluding hydrogens is 278 g/mol. The van der Waals surface area contributed by atoms with Gasteiger partial charge in [0.05, 0.1) is 11.5 Å². The number of nitrogens with one attached hydrogen (secondary N) is 1. The molecule has 0 bridgehead atoms. The molecule has 1 aromatic rings. The van der Waals surface area contributed by atoms with Gasteiger partial charge in [-0.1, -0.05) is 12.1 Å². The van der Waals surface area contributed by atoms with Gasteiger partial charge in [-0.2, -0.15) is 0 Å². The first-order valence-electron chi connectivity index (χ1n) is 4.95. The van der Waals surface area contributed by atoms with Gasteiger partial charge in [-0.15, -0.1) is 0 Å². The summed E-state index contributed by atoms with van der Waals surface area (Å²) in [5.41, 5.74) is 0.561. The monoisotopic (exact) mass is 291 g/mol. The highest BCUT2D eigenvalue weighted by atomic mass is 32.2. The van der Waals surface area contributed by atoms with E-state index in [2.05, 4.69) is 4.72 Å². The minimum atomic E-state index is -3.74. The van der Waals surface area contributed by atoms with Crippen LogP contribution in [-0.4, -0.2) is 40.9 Å². The molecule has 0 heterocycles. The second-order valence-corrected chi connectivity index (χ2v) is 7.90. The Balaban J connectivity index is 2.79. The van der Waals surface area contributed by atoms with Crippen molar-refractivity contribution in [2.75, 3.05) is 22.5 Å². The summed E-state index contributed by atoms with van der Waals surface area (Å²) in [7, 11) is -7.08. The molecule has 0 amide bonds. The van der Waals surface area contributed by atoms with Gasteiger partial charge in [-0.05, 0) is 12.1 Å². The molecule has 6 nitrogen and oxygen atoms in total. The molecule has 8 heteroatoms. The molecule has 0 saturated heterocycles. The maximum absolute atomic E-state index is 11.6. The first-order valence-corrected chi connectivity index (χ1v) is 8.66. The molecule has 0 aliphatic heterocycles.